The Hall–Kier alpha value is -3.48. The number of rotatable bonds is 7. The molecule has 12 nitrogen and oxygen atoms in total. The van der Waals surface area contributed by atoms with Crippen LogP contribution in [0, 0.1) is 0 Å². The molecule has 0 bridgehead atoms. The van der Waals surface area contributed by atoms with Crippen molar-refractivity contribution >= 4 is 17.8 Å². The number of anilines is 1. The van der Waals surface area contributed by atoms with E-state index < -0.39 is 11.2 Å². The fourth-order valence-electron chi connectivity index (χ4n) is 5.33. The number of piperazine rings is 1. The molecule has 1 aliphatic heterocycles. The molecule has 2 aromatic rings. The molecule has 12 heteroatoms. The van der Waals surface area contributed by atoms with Gasteiger partial charge in [-0.3, -0.25) is 19.6 Å². The Morgan fingerprint density at radius 3 is 2.35 bits per heavy atom. The number of nitrogens with zero attached hydrogens (tertiary/aromatic N) is 5. The lowest BCUT2D eigenvalue weighted by Gasteiger charge is -2.37. The largest absolute Gasteiger partial charge is 0.496 e. The minimum Gasteiger partial charge on any atom is -0.496 e. The number of nitrogens with two attached hydrogens (primary N) is 2. The molecular weight excluding hydrogens is 512 g/mol. The zero-order valence-corrected chi connectivity index (χ0v) is 23.9. The predicted molar refractivity (Wildman–Crippen MR) is 154 cm³/mol. The van der Waals surface area contributed by atoms with Gasteiger partial charge in [0.2, 0.25) is 5.91 Å². The summed E-state index contributed by atoms with van der Waals surface area (Å²) in [5.74, 6) is 0.700. The van der Waals surface area contributed by atoms with Gasteiger partial charge in [-0.15, -0.1) is 0 Å². The second kappa shape index (κ2) is 12.4. The highest BCUT2D eigenvalue weighted by Crippen LogP contribution is 2.27. The van der Waals surface area contributed by atoms with Crippen LogP contribution in [-0.4, -0.2) is 94.1 Å². The van der Waals surface area contributed by atoms with E-state index in [0.29, 0.717) is 49.7 Å². The van der Waals surface area contributed by atoms with Gasteiger partial charge in [0, 0.05) is 62.6 Å². The van der Waals surface area contributed by atoms with Crippen LogP contribution in [0.2, 0.25) is 0 Å². The second-order valence-electron chi connectivity index (χ2n) is 11.4. The number of hydrogen-bond donors (Lipinski definition) is 3. The monoisotopic (exact) mass is 554 g/mol. The molecule has 1 aliphatic carbocycles. The minimum absolute atomic E-state index is 0.149. The molecule has 1 saturated heterocycles. The molecule has 1 aromatic carbocycles. The van der Waals surface area contributed by atoms with Crippen LogP contribution in [0.25, 0.3) is 5.69 Å². The van der Waals surface area contributed by atoms with Crippen molar-refractivity contribution in [2.45, 2.75) is 63.7 Å². The average molecular weight is 555 g/mol. The summed E-state index contributed by atoms with van der Waals surface area (Å²) in [7, 11) is 3.74. The summed E-state index contributed by atoms with van der Waals surface area (Å²) in [6, 6.07) is 7.66. The normalized spacial score (nSPS) is 20.0. The van der Waals surface area contributed by atoms with Gasteiger partial charge < -0.3 is 26.0 Å². The standard InChI is InChI=1S/C28H42N8O4/c1-28(2,30)25(37)34-13-15-35(16-14-34)26(38)31-24-11-12-36(27(39)32-24)22-8-5-19(23(17-22)40-4)18-33(3)21-9-6-20(29)7-10-21/h5,8,11-12,17,20-21H,6-7,9-10,13-16,18,29-30H2,1-4H3,(H,31,32,38,39)/t20-,21-. The van der Waals surface area contributed by atoms with Crippen LogP contribution in [0.3, 0.4) is 0 Å². The first-order chi connectivity index (χ1) is 19.0. The summed E-state index contributed by atoms with van der Waals surface area (Å²) < 4.78 is 7.07. The number of hydrogen-bond acceptors (Lipinski definition) is 8. The van der Waals surface area contributed by atoms with Gasteiger partial charge >= 0.3 is 11.7 Å². The van der Waals surface area contributed by atoms with Gasteiger partial charge in [0.05, 0.1) is 18.3 Å². The molecule has 4 rings (SSSR count). The van der Waals surface area contributed by atoms with Gasteiger partial charge in [-0.1, -0.05) is 6.07 Å². The minimum atomic E-state index is -0.955. The lowest BCUT2D eigenvalue weighted by Crippen LogP contribution is -2.58. The third-order valence-corrected chi connectivity index (χ3v) is 7.78. The Labute approximate surface area is 235 Å². The summed E-state index contributed by atoms with van der Waals surface area (Å²) in [5.41, 5.74) is 12.1. The van der Waals surface area contributed by atoms with Gasteiger partial charge in [-0.2, -0.15) is 4.98 Å². The molecule has 0 spiro atoms. The summed E-state index contributed by atoms with van der Waals surface area (Å²) in [6.45, 7) is 5.57. The smallest absolute Gasteiger partial charge is 0.354 e. The molecule has 0 atom stereocenters. The van der Waals surface area contributed by atoms with Crippen molar-refractivity contribution in [1.82, 2.24) is 24.3 Å². The molecule has 1 aromatic heterocycles. The molecular formula is C28H42N8O4. The van der Waals surface area contributed by atoms with Crippen molar-refractivity contribution in [3.63, 3.8) is 0 Å². The Morgan fingerprint density at radius 2 is 1.75 bits per heavy atom. The molecule has 2 fully saturated rings. The zero-order chi connectivity index (χ0) is 29.0. The van der Waals surface area contributed by atoms with Gasteiger partial charge in [0.15, 0.2) is 0 Å². The van der Waals surface area contributed by atoms with E-state index in [1.165, 1.54) is 4.57 Å². The van der Waals surface area contributed by atoms with Crippen molar-refractivity contribution < 1.29 is 14.3 Å². The lowest BCUT2D eigenvalue weighted by atomic mass is 9.91. The molecule has 5 N–H and O–H groups in total. The van der Waals surface area contributed by atoms with Crippen molar-refractivity contribution in [3.05, 3.63) is 46.5 Å². The number of amides is 3. The van der Waals surface area contributed by atoms with Crippen LogP contribution < -0.4 is 27.2 Å². The fraction of sp³-hybridized carbons (Fsp3) is 0.571. The summed E-state index contributed by atoms with van der Waals surface area (Å²) in [4.78, 5) is 47.7. The summed E-state index contributed by atoms with van der Waals surface area (Å²) >= 11 is 0. The Morgan fingerprint density at radius 1 is 1.10 bits per heavy atom. The van der Waals surface area contributed by atoms with Gasteiger partial charge in [-0.05, 0) is 58.7 Å². The molecule has 0 unspecified atom stereocenters. The molecule has 40 heavy (non-hydrogen) atoms. The molecule has 218 valence electrons. The van der Waals surface area contributed by atoms with E-state index >= 15 is 0 Å². The zero-order valence-electron chi connectivity index (χ0n) is 23.9. The number of urea groups is 1. The van der Waals surface area contributed by atoms with Crippen molar-refractivity contribution in [2.75, 3.05) is 45.7 Å². The maximum atomic E-state index is 12.9. The molecule has 2 heterocycles. The van der Waals surface area contributed by atoms with E-state index in [1.54, 1.807) is 43.0 Å². The highest BCUT2D eigenvalue weighted by atomic mass is 16.5. The number of carbonyl (C=O) groups excluding carboxylic acids is 2. The highest BCUT2D eigenvalue weighted by molar-refractivity contribution is 5.89. The van der Waals surface area contributed by atoms with Crippen LogP contribution in [-0.2, 0) is 11.3 Å². The SMILES string of the molecule is COc1cc(-n2ccc(NC(=O)N3CCN(C(=O)C(C)(C)N)CC3)nc2=O)ccc1CN(C)[C@H]1CC[C@H](N)CC1. The highest BCUT2D eigenvalue weighted by Gasteiger charge is 2.31. The quantitative estimate of drug-likeness (QED) is 0.464. The van der Waals surface area contributed by atoms with Crippen molar-refractivity contribution in [3.8, 4) is 11.4 Å². The number of ether oxygens (including phenoxy) is 1. The fourth-order valence-corrected chi connectivity index (χ4v) is 5.33. The van der Waals surface area contributed by atoms with Crippen LogP contribution in [0.4, 0.5) is 10.6 Å². The van der Waals surface area contributed by atoms with E-state index in [-0.39, 0.29) is 17.8 Å². The number of aromatic nitrogens is 2. The third kappa shape index (κ3) is 6.98. The van der Waals surface area contributed by atoms with Crippen molar-refractivity contribution in [2.24, 2.45) is 11.5 Å². The number of methoxy groups -OCH3 is 1. The van der Waals surface area contributed by atoms with E-state index in [2.05, 4.69) is 22.2 Å². The molecule has 2 aliphatic rings. The predicted octanol–water partition coefficient (Wildman–Crippen LogP) is 1.36. The Kier molecular flexibility index (Phi) is 9.12. The molecule has 3 amide bonds. The maximum absolute atomic E-state index is 12.9. The molecule has 0 radical (unpaired) electrons. The van der Waals surface area contributed by atoms with E-state index in [1.807, 2.05) is 18.2 Å². The van der Waals surface area contributed by atoms with Crippen LogP contribution in [0.15, 0.2) is 35.3 Å². The Balaban J connectivity index is 1.38. The first-order valence-corrected chi connectivity index (χ1v) is 13.8. The van der Waals surface area contributed by atoms with Crippen LogP contribution in [0.1, 0.15) is 45.1 Å². The van der Waals surface area contributed by atoms with Gasteiger partial charge in [0.1, 0.15) is 11.6 Å². The lowest BCUT2D eigenvalue weighted by molar-refractivity contribution is -0.137. The van der Waals surface area contributed by atoms with Gasteiger partial charge in [-0.25, -0.2) is 9.59 Å². The van der Waals surface area contributed by atoms with Crippen LogP contribution in [0.5, 0.6) is 5.75 Å². The second-order valence-corrected chi connectivity index (χ2v) is 11.4. The topological polar surface area (TPSA) is 152 Å². The average Bonchev–Trinajstić information content (AvgIpc) is 2.93. The molecule has 1 saturated carbocycles. The maximum Gasteiger partial charge on any atom is 0.354 e. The summed E-state index contributed by atoms with van der Waals surface area (Å²) in [5, 5.41) is 2.69. The Bertz CT molecular complexity index is 1260. The van der Waals surface area contributed by atoms with Crippen LogP contribution >= 0.6 is 0 Å². The summed E-state index contributed by atoms with van der Waals surface area (Å²) in [6.07, 6.45) is 5.84. The first-order valence-electron chi connectivity index (χ1n) is 13.8. The number of benzene rings is 1. The first kappa shape index (κ1) is 29.5. The van der Waals surface area contributed by atoms with E-state index in [4.69, 9.17) is 16.2 Å². The van der Waals surface area contributed by atoms with Gasteiger partial charge in [0.25, 0.3) is 0 Å². The number of carbonyl (C=O) groups is 2. The third-order valence-electron chi connectivity index (χ3n) is 7.78. The van der Waals surface area contributed by atoms with E-state index in [0.717, 1.165) is 37.8 Å². The number of nitrogens with one attached hydrogen (secondary N) is 1. The van der Waals surface area contributed by atoms with Crippen molar-refractivity contribution in [1.29, 1.82) is 0 Å². The van der Waals surface area contributed by atoms with E-state index in [9.17, 15) is 14.4 Å².